The first kappa shape index (κ1) is 15.0. The van der Waals surface area contributed by atoms with E-state index in [0.717, 1.165) is 12.0 Å². The highest BCUT2D eigenvalue weighted by Crippen LogP contribution is 2.24. The molecule has 0 amide bonds. The van der Waals surface area contributed by atoms with Crippen molar-refractivity contribution in [3.05, 3.63) is 60.2 Å². The number of allylic oxidation sites excluding steroid dienone is 1. The lowest BCUT2D eigenvalue weighted by atomic mass is 9.91. The van der Waals surface area contributed by atoms with E-state index in [9.17, 15) is 5.11 Å². The molecule has 0 aromatic heterocycles. The average molecular weight is 271 g/mol. The minimum Gasteiger partial charge on any atom is -0.394 e. The molecular weight excluding hydrogens is 246 g/mol. The van der Waals surface area contributed by atoms with Crippen LogP contribution in [-0.2, 0) is 0 Å². The van der Waals surface area contributed by atoms with Crippen molar-refractivity contribution in [1.29, 1.82) is 0 Å². The van der Waals surface area contributed by atoms with Gasteiger partial charge < -0.3 is 10.4 Å². The third-order valence-corrected chi connectivity index (χ3v) is 3.96. The summed E-state index contributed by atoms with van der Waals surface area (Å²) in [5, 5.41) is 13.3. The van der Waals surface area contributed by atoms with Gasteiger partial charge in [0.25, 0.3) is 0 Å². The van der Waals surface area contributed by atoms with E-state index < -0.39 is 0 Å². The van der Waals surface area contributed by atoms with E-state index in [1.54, 1.807) is 0 Å². The number of nitrogens with one attached hydrogen (secondary N) is 1. The number of rotatable bonds is 7. The maximum Gasteiger partial charge on any atom is 0.0626 e. The topological polar surface area (TPSA) is 32.3 Å². The second-order valence-corrected chi connectivity index (χ2v) is 5.41. The van der Waals surface area contributed by atoms with Crippen LogP contribution in [0.5, 0.6) is 0 Å². The Kier molecular flexibility index (Phi) is 6.03. The van der Waals surface area contributed by atoms with E-state index in [2.05, 4.69) is 30.1 Å². The molecule has 1 aliphatic rings. The molecule has 2 N–H and O–H groups in total. The largest absolute Gasteiger partial charge is 0.394 e. The van der Waals surface area contributed by atoms with Crippen molar-refractivity contribution in [2.24, 2.45) is 0 Å². The Hall–Kier alpha value is -1.38. The van der Waals surface area contributed by atoms with Crippen molar-refractivity contribution >= 4 is 0 Å². The van der Waals surface area contributed by atoms with Gasteiger partial charge in [-0.2, -0.15) is 0 Å². The van der Waals surface area contributed by atoms with Gasteiger partial charge in [-0.15, -0.1) is 6.58 Å². The fourth-order valence-corrected chi connectivity index (χ4v) is 2.86. The molecule has 1 aliphatic carbocycles. The van der Waals surface area contributed by atoms with Crippen molar-refractivity contribution in [1.82, 2.24) is 5.32 Å². The monoisotopic (exact) mass is 271 g/mol. The lowest BCUT2D eigenvalue weighted by Gasteiger charge is -2.28. The van der Waals surface area contributed by atoms with Crippen molar-refractivity contribution in [3.63, 3.8) is 0 Å². The highest BCUT2D eigenvalue weighted by molar-refractivity contribution is 5.21. The molecule has 0 spiro atoms. The molecule has 2 heteroatoms. The van der Waals surface area contributed by atoms with Crippen molar-refractivity contribution in [3.8, 4) is 0 Å². The van der Waals surface area contributed by atoms with Gasteiger partial charge in [-0.25, -0.2) is 0 Å². The van der Waals surface area contributed by atoms with Crippen LogP contribution < -0.4 is 5.32 Å². The molecule has 0 saturated heterocycles. The highest BCUT2D eigenvalue weighted by Gasteiger charge is 2.19. The van der Waals surface area contributed by atoms with E-state index in [-0.39, 0.29) is 12.6 Å². The Morgan fingerprint density at radius 1 is 1.20 bits per heavy atom. The van der Waals surface area contributed by atoms with Gasteiger partial charge in [-0.05, 0) is 37.7 Å². The lowest BCUT2D eigenvalue weighted by Crippen LogP contribution is -2.36. The van der Waals surface area contributed by atoms with E-state index >= 15 is 0 Å². The highest BCUT2D eigenvalue weighted by atomic mass is 16.3. The minimum atomic E-state index is -0.0102. The molecule has 0 fully saturated rings. The lowest BCUT2D eigenvalue weighted by molar-refractivity contribution is 0.236. The number of aliphatic hydroxyl groups excluding tert-OH is 1. The molecule has 2 atom stereocenters. The zero-order valence-corrected chi connectivity index (χ0v) is 12.1. The molecule has 1 aromatic carbocycles. The summed E-state index contributed by atoms with van der Waals surface area (Å²) in [5.41, 5.74) is 2.62. The SMILES string of the molecule is C=CC[C@@H](N[C@@H](CO)c1ccccc1)C1=CCCCC1. The van der Waals surface area contributed by atoms with Gasteiger partial charge in [-0.3, -0.25) is 0 Å². The molecule has 0 saturated carbocycles. The Morgan fingerprint density at radius 2 is 2.00 bits per heavy atom. The standard InChI is InChI=1S/C18H25NO/c1-2-9-17(15-10-5-3-6-11-15)19-18(14-20)16-12-7-4-8-13-16/h2,4,7-8,10,12-13,17-20H,1,3,5-6,9,11,14H2/t17-,18+/m1/s1. The average Bonchev–Trinajstić information content (AvgIpc) is 2.53. The van der Waals surface area contributed by atoms with E-state index in [1.807, 2.05) is 24.3 Å². The number of hydrogen-bond acceptors (Lipinski definition) is 2. The molecule has 2 nitrogen and oxygen atoms in total. The third kappa shape index (κ3) is 4.06. The summed E-state index contributed by atoms with van der Waals surface area (Å²) in [4.78, 5) is 0. The van der Waals surface area contributed by atoms with Crippen LogP contribution in [0.3, 0.4) is 0 Å². The summed E-state index contributed by atoms with van der Waals surface area (Å²) in [7, 11) is 0. The molecule has 0 radical (unpaired) electrons. The Morgan fingerprint density at radius 3 is 2.60 bits per heavy atom. The molecule has 108 valence electrons. The van der Waals surface area contributed by atoms with Crippen LogP contribution in [0, 0.1) is 0 Å². The summed E-state index contributed by atoms with van der Waals surface area (Å²) in [5.74, 6) is 0. The predicted octanol–water partition coefficient (Wildman–Crippen LogP) is 3.75. The molecule has 0 heterocycles. The maximum absolute atomic E-state index is 9.69. The van der Waals surface area contributed by atoms with Gasteiger partial charge in [0, 0.05) is 6.04 Å². The number of hydrogen-bond donors (Lipinski definition) is 2. The second-order valence-electron chi connectivity index (χ2n) is 5.41. The molecule has 2 rings (SSSR count). The van der Waals surface area contributed by atoms with Crippen LogP contribution in [0.15, 0.2) is 54.6 Å². The Balaban J connectivity index is 2.09. The molecular formula is C18H25NO. The van der Waals surface area contributed by atoms with Crippen LogP contribution in [-0.4, -0.2) is 17.8 Å². The second kappa shape index (κ2) is 8.03. The van der Waals surface area contributed by atoms with Crippen molar-refractivity contribution in [2.75, 3.05) is 6.61 Å². The van der Waals surface area contributed by atoms with Gasteiger partial charge in [0.05, 0.1) is 12.6 Å². The summed E-state index contributed by atoms with van der Waals surface area (Å²) in [6.45, 7) is 3.99. The van der Waals surface area contributed by atoms with Gasteiger partial charge in [-0.1, -0.05) is 48.1 Å². The number of aliphatic hydroxyl groups is 1. The van der Waals surface area contributed by atoms with E-state index in [1.165, 1.54) is 31.3 Å². The van der Waals surface area contributed by atoms with Crippen LogP contribution >= 0.6 is 0 Å². The van der Waals surface area contributed by atoms with Gasteiger partial charge in [0.2, 0.25) is 0 Å². The minimum absolute atomic E-state index is 0.0102. The van der Waals surface area contributed by atoms with Crippen LogP contribution in [0.1, 0.15) is 43.7 Å². The summed E-state index contributed by atoms with van der Waals surface area (Å²) in [6, 6.07) is 10.4. The molecule has 0 aliphatic heterocycles. The first-order chi connectivity index (χ1) is 9.85. The smallest absolute Gasteiger partial charge is 0.0626 e. The van der Waals surface area contributed by atoms with Gasteiger partial charge >= 0.3 is 0 Å². The molecule has 0 unspecified atom stereocenters. The van der Waals surface area contributed by atoms with Gasteiger partial charge in [0.15, 0.2) is 0 Å². The zero-order chi connectivity index (χ0) is 14.2. The fourth-order valence-electron chi connectivity index (χ4n) is 2.86. The third-order valence-electron chi connectivity index (χ3n) is 3.96. The van der Waals surface area contributed by atoms with Crippen molar-refractivity contribution in [2.45, 2.75) is 44.2 Å². The van der Waals surface area contributed by atoms with Gasteiger partial charge in [0.1, 0.15) is 0 Å². The molecule has 0 bridgehead atoms. The van der Waals surface area contributed by atoms with E-state index in [0.29, 0.717) is 6.04 Å². The predicted molar refractivity (Wildman–Crippen MR) is 84.6 cm³/mol. The maximum atomic E-state index is 9.69. The molecule has 1 aromatic rings. The number of benzene rings is 1. The Bertz CT molecular complexity index is 438. The quantitative estimate of drug-likeness (QED) is 0.740. The normalized spacial score (nSPS) is 18.1. The Labute approximate surface area is 122 Å². The van der Waals surface area contributed by atoms with Crippen LogP contribution in [0.2, 0.25) is 0 Å². The first-order valence-electron chi connectivity index (χ1n) is 7.57. The summed E-state index contributed by atoms with van der Waals surface area (Å²) >= 11 is 0. The zero-order valence-electron chi connectivity index (χ0n) is 12.1. The fraction of sp³-hybridized carbons (Fsp3) is 0.444. The van der Waals surface area contributed by atoms with E-state index in [4.69, 9.17) is 0 Å². The summed E-state index contributed by atoms with van der Waals surface area (Å²) < 4.78 is 0. The van der Waals surface area contributed by atoms with Crippen LogP contribution in [0.4, 0.5) is 0 Å². The molecule has 20 heavy (non-hydrogen) atoms. The first-order valence-corrected chi connectivity index (χ1v) is 7.57. The van der Waals surface area contributed by atoms with Crippen LogP contribution in [0.25, 0.3) is 0 Å². The summed E-state index contributed by atoms with van der Waals surface area (Å²) in [6.07, 6.45) is 10.2. The van der Waals surface area contributed by atoms with Crippen molar-refractivity contribution < 1.29 is 5.11 Å².